The van der Waals surface area contributed by atoms with Crippen molar-refractivity contribution in [3.63, 3.8) is 0 Å². The third kappa shape index (κ3) is 4.94. The van der Waals surface area contributed by atoms with Crippen LogP contribution in [0.3, 0.4) is 0 Å². The minimum absolute atomic E-state index is 0.152. The topological polar surface area (TPSA) is 99.2 Å². The first kappa shape index (κ1) is 21.3. The zero-order chi connectivity index (χ0) is 21.7. The molecule has 0 spiro atoms. The van der Waals surface area contributed by atoms with Crippen molar-refractivity contribution in [2.24, 2.45) is 7.05 Å². The SMILES string of the molecule is CCOC(=O)c1cnn(C)c1NC(=O)CCc1ncc(-c2ccc(C(C)C)cc2)o1. The number of carbonyl (C=O) groups excluding carboxylic acids is 2. The highest BCUT2D eigenvalue weighted by molar-refractivity contribution is 6.00. The van der Waals surface area contributed by atoms with Gasteiger partial charge in [-0.05, 0) is 18.4 Å². The molecule has 0 aliphatic rings. The van der Waals surface area contributed by atoms with Gasteiger partial charge in [0, 0.05) is 25.5 Å². The predicted molar refractivity (Wildman–Crippen MR) is 112 cm³/mol. The first-order valence-electron chi connectivity index (χ1n) is 9.93. The van der Waals surface area contributed by atoms with E-state index in [1.807, 2.05) is 12.1 Å². The number of esters is 1. The number of oxazole rings is 1. The Morgan fingerprint density at radius 3 is 2.60 bits per heavy atom. The number of nitrogens with zero attached hydrogens (tertiary/aromatic N) is 3. The quantitative estimate of drug-likeness (QED) is 0.565. The zero-order valence-electron chi connectivity index (χ0n) is 17.6. The zero-order valence-corrected chi connectivity index (χ0v) is 17.6. The minimum Gasteiger partial charge on any atom is -0.462 e. The lowest BCUT2D eigenvalue weighted by atomic mass is 10.0. The number of aromatic nitrogens is 3. The highest BCUT2D eigenvalue weighted by atomic mass is 16.5. The van der Waals surface area contributed by atoms with Gasteiger partial charge >= 0.3 is 5.97 Å². The highest BCUT2D eigenvalue weighted by Gasteiger charge is 2.19. The molecule has 0 radical (unpaired) electrons. The molecule has 8 heteroatoms. The molecule has 0 aliphatic heterocycles. The van der Waals surface area contributed by atoms with Gasteiger partial charge in [-0.3, -0.25) is 9.48 Å². The van der Waals surface area contributed by atoms with Crippen molar-refractivity contribution in [1.82, 2.24) is 14.8 Å². The Morgan fingerprint density at radius 2 is 1.93 bits per heavy atom. The second kappa shape index (κ2) is 9.39. The molecule has 1 aromatic carbocycles. The number of nitrogens with one attached hydrogen (secondary N) is 1. The van der Waals surface area contributed by atoms with Gasteiger partial charge in [0.05, 0.1) is 19.0 Å². The van der Waals surface area contributed by atoms with E-state index in [4.69, 9.17) is 9.15 Å². The molecule has 1 amide bonds. The van der Waals surface area contributed by atoms with Crippen molar-refractivity contribution in [2.45, 2.75) is 39.5 Å². The van der Waals surface area contributed by atoms with E-state index in [1.165, 1.54) is 16.4 Å². The molecular formula is C22H26N4O4. The minimum atomic E-state index is -0.526. The summed E-state index contributed by atoms with van der Waals surface area (Å²) < 4.78 is 12.2. The summed E-state index contributed by atoms with van der Waals surface area (Å²) in [5.41, 5.74) is 2.42. The standard InChI is InChI=1S/C22H26N4O4/c1-5-29-22(28)17-12-24-26(4)21(17)25-19(27)10-11-20-23-13-18(30-20)16-8-6-15(7-9-16)14(2)3/h6-9,12-14H,5,10-11H2,1-4H3,(H,25,27). The monoisotopic (exact) mass is 410 g/mol. The van der Waals surface area contributed by atoms with Crippen molar-refractivity contribution in [3.8, 4) is 11.3 Å². The Balaban J connectivity index is 1.60. The van der Waals surface area contributed by atoms with Gasteiger partial charge in [0.1, 0.15) is 11.4 Å². The van der Waals surface area contributed by atoms with Crippen LogP contribution in [0.25, 0.3) is 11.3 Å². The second-order valence-electron chi connectivity index (χ2n) is 7.19. The van der Waals surface area contributed by atoms with Crippen molar-refractivity contribution in [2.75, 3.05) is 11.9 Å². The summed E-state index contributed by atoms with van der Waals surface area (Å²) in [5.74, 6) is 1.11. The van der Waals surface area contributed by atoms with Crippen molar-refractivity contribution in [1.29, 1.82) is 0 Å². The number of hydrogen-bond donors (Lipinski definition) is 1. The van der Waals surface area contributed by atoms with Crippen LogP contribution in [0.5, 0.6) is 0 Å². The molecule has 30 heavy (non-hydrogen) atoms. The third-order valence-corrected chi connectivity index (χ3v) is 4.67. The summed E-state index contributed by atoms with van der Waals surface area (Å²) in [6.07, 6.45) is 3.53. The first-order chi connectivity index (χ1) is 14.4. The van der Waals surface area contributed by atoms with E-state index in [2.05, 4.69) is 41.4 Å². The Kier molecular flexibility index (Phi) is 6.66. The van der Waals surface area contributed by atoms with E-state index in [-0.39, 0.29) is 24.5 Å². The van der Waals surface area contributed by atoms with Gasteiger partial charge in [0.15, 0.2) is 11.7 Å². The Labute approximate surface area is 175 Å². The molecule has 0 aliphatic carbocycles. The van der Waals surface area contributed by atoms with E-state index in [1.54, 1.807) is 20.2 Å². The molecule has 0 fully saturated rings. The maximum atomic E-state index is 12.4. The summed E-state index contributed by atoms with van der Waals surface area (Å²) in [6.45, 7) is 6.26. The molecule has 2 heterocycles. The molecule has 158 valence electrons. The average Bonchev–Trinajstić information content (AvgIpc) is 3.34. The van der Waals surface area contributed by atoms with E-state index < -0.39 is 5.97 Å². The normalized spacial score (nSPS) is 11.0. The molecule has 0 bridgehead atoms. The fourth-order valence-corrected chi connectivity index (χ4v) is 2.95. The van der Waals surface area contributed by atoms with Gasteiger partial charge in [-0.1, -0.05) is 38.1 Å². The number of benzene rings is 1. The van der Waals surface area contributed by atoms with Gasteiger partial charge in [-0.15, -0.1) is 0 Å². The van der Waals surface area contributed by atoms with E-state index in [9.17, 15) is 9.59 Å². The number of carbonyl (C=O) groups is 2. The molecule has 1 N–H and O–H groups in total. The van der Waals surface area contributed by atoms with Crippen LogP contribution in [-0.2, 0) is 23.0 Å². The van der Waals surface area contributed by atoms with Crippen LogP contribution in [-0.4, -0.2) is 33.2 Å². The molecule has 0 saturated heterocycles. The second-order valence-corrected chi connectivity index (χ2v) is 7.19. The molecular weight excluding hydrogens is 384 g/mol. The van der Waals surface area contributed by atoms with E-state index in [0.717, 1.165) is 5.56 Å². The van der Waals surface area contributed by atoms with Gasteiger partial charge in [-0.2, -0.15) is 5.10 Å². The molecule has 3 rings (SSSR count). The van der Waals surface area contributed by atoms with Gasteiger partial charge in [0.25, 0.3) is 0 Å². The van der Waals surface area contributed by atoms with E-state index >= 15 is 0 Å². The van der Waals surface area contributed by atoms with Crippen LogP contribution in [0.1, 0.15) is 54.9 Å². The lowest BCUT2D eigenvalue weighted by Gasteiger charge is -2.07. The van der Waals surface area contributed by atoms with Crippen LogP contribution in [0.4, 0.5) is 5.82 Å². The summed E-state index contributed by atoms with van der Waals surface area (Å²) in [4.78, 5) is 28.6. The average molecular weight is 410 g/mol. The van der Waals surface area contributed by atoms with E-state index in [0.29, 0.717) is 29.8 Å². The van der Waals surface area contributed by atoms with Crippen LogP contribution in [0.2, 0.25) is 0 Å². The van der Waals surface area contributed by atoms with Crippen molar-refractivity contribution < 1.29 is 18.7 Å². The fourth-order valence-electron chi connectivity index (χ4n) is 2.95. The fraction of sp³-hybridized carbons (Fsp3) is 0.364. The van der Waals surface area contributed by atoms with Gasteiger partial charge in [-0.25, -0.2) is 9.78 Å². The first-order valence-corrected chi connectivity index (χ1v) is 9.93. The Hall–Kier alpha value is -3.42. The largest absolute Gasteiger partial charge is 0.462 e. The van der Waals surface area contributed by atoms with Crippen molar-refractivity contribution in [3.05, 3.63) is 53.7 Å². The molecule has 8 nitrogen and oxygen atoms in total. The molecule has 3 aromatic rings. The number of hydrogen-bond acceptors (Lipinski definition) is 6. The van der Waals surface area contributed by atoms with Crippen molar-refractivity contribution >= 4 is 17.7 Å². The lowest BCUT2D eigenvalue weighted by Crippen LogP contribution is -2.18. The highest BCUT2D eigenvalue weighted by Crippen LogP contribution is 2.24. The Morgan fingerprint density at radius 1 is 1.20 bits per heavy atom. The number of ether oxygens (including phenoxy) is 1. The third-order valence-electron chi connectivity index (χ3n) is 4.67. The maximum Gasteiger partial charge on any atom is 0.343 e. The number of amides is 1. The number of rotatable bonds is 8. The van der Waals surface area contributed by atoms with Crippen LogP contribution < -0.4 is 5.32 Å². The molecule has 0 saturated carbocycles. The predicted octanol–water partition coefficient (Wildman–Crippen LogP) is 3.95. The van der Waals surface area contributed by atoms with Crippen LogP contribution in [0.15, 0.2) is 41.1 Å². The molecule has 0 atom stereocenters. The summed E-state index contributed by atoms with van der Waals surface area (Å²) in [7, 11) is 1.64. The summed E-state index contributed by atoms with van der Waals surface area (Å²) in [6, 6.07) is 8.16. The molecule has 2 aromatic heterocycles. The maximum absolute atomic E-state index is 12.4. The van der Waals surface area contributed by atoms with Crippen LogP contribution in [0, 0.1) is 0 Å². The molecule has 0 unspecified atom stereocenters. The lowest BCUT2D eigenvalue weighted by molar-refractivity contribution is -0.116. The summed E-state index contributed by atoms with van der Waals surface area (Å²) in [5, 5.41) is 6.73. The van der Waals surface area contributed by atoms with Gasteiger partial charge < -0.3 is 14.5 Å². The van der Waals surface area contributed by atoms with Gasteiger partial charge in [0.2, 0.25) is 5.91 Å². The van der Waals surface area contributed by atoms with Crippen LogP contribution >= 0.6 is 0 Å². The smallest absolute Gasteiger partial charge is 0.343 e. The number of anilines is 1. The number of aryl methyl sites for hydroxylation is 2. The Bertz CT molecular complexity index is 1020. The summed E-state index contributed by atoms with van der Waals surface area (Å²) >= 11 is 0.